The highest BCUT2D eigenvalue weighted by atomic mass is 16.6. The van der Waals surface area contributed by atoms with Crippen molar-refractivity contribution in [3.05, 3.63) is 76.7 Å². The SMILES string of the molecule is [2H]c1c([2H])c([N+](=O)[O-])c([2H])c([N+](=O)[O-])c1NN=CC=NNc1c([2H])c([2H])c([N+](=O)[O-])c([2H])c1[N+](=O)[O-]. The summed E-state index contributed by atoms with van der Waals surface area (Å²) < 4.78 is 45.9. The van der Waals surface area contributed by atoms with Crippen molar-refractivity contribution in [3.63, 3.8) is 0 Å². The van der Waals surface area contributed by atoms with Crippen molar-refractivity contribution in [3.8, 4) is 0 Å². The number of hydrazone groups is 2. The molecule has 0 heterocycles. The average Bonchev–Trinajstić information content (AvgIpc) is 2.75. The van der Waals surface area contributed by atoms with Gasteiger partial charge in [-0.1, -0.05) is 0 Å². The molecule has 30 heavy (non-hydrogen) atoms. The lowest BCUT2D eigenvalue weighted by molar-refractivity contribution is -0.393. The molecule has 2 aromatic carbocycles. The van der Waals surface area contributed by atoms with Crippen molar-refractivity contribution in [2.24, 2.45) is 10.2 Å². The van der Waals surface area contributed by atoms with Gasteiger partial charge in [0, 0.05) is 12.1 Å². The number of nitro groups is 4. The van der Waals surface area contributed by atoms with Gasteiger partial charge in [0.2, 0.25) is 0 Å². The maximum atomic E-state index is 11.3. The van der Waals surface area contributed by atoms with Crippen LogP contribution < -0.4 is 10.9 Å². The van der Waals surface area contributed by atoms with Gasteiger partial charge >= 0.3 is 11.4 Å². The van der Waals surface area contributed by atoms with E-state index >= 15 is 0 Å². The summed E-state index contributed by atoms with van der Waals surface area (Å²) in [6, 6.07) is -6.69. The van der Waals surface area contributed by atoms with E-state index in [1.54, 1.807) is 0 Å². The molecule has 2 N–H and O–H groups in total. The first kappa shape index (κ1) is 14.0. The van der Waals surface area contributed by atoms with E-state index in [4.69, 9.17) is 8.22 Å². The average molecular weight is 424 g/mol. The molecule has 0 saturated carbocycles. The molecule has 0 aromatic heterocycles. The third-order valence-corrected chi connectivity index (χ3v) is 2.86. The van der Waals surface area contributed by atoms with Crippen LogP contribution in [0.2, 0.25) is 0 Å². The molecular formula is C14H10N8O8. The lowest BCUT2D eigenvalue weighted by atomic mass is 10.2. The van der Waals surface area contributed by atoms with Gasteiger partial charge in [-0.05, 0) is 12.1 Å². The van der Waals surface area contributed by atoms with Crippen LogP contribution in [0.25, 0.3) is 0 Å². The molecular weight excluding hydrogens is 408 g/mol. The van der Waals surface area contributed by atoms with E-state index in [1.807, 2.05) is 10.9 Å². The van der Waals surface area contributed by atoms with Crippen LogP contribution in [0.3, 0.4) is 0 Å². The zero-order valence-corrected chi connectivity index (χ0v) is 14.1. The molecule has 0 atom stereocenters. The molecule has 0 spiro atoms. The van der Waals surface area contributed by atoms with Crippen molar-refractivity contribution in [1.82, 2.24) is 0 Å². The van der Waals surface area contributed by atoms with Gasteiger partial charge in [0.25, 0.3) is 11.4 Å². The van der Waals surface area contributed by atoms with Crippen LogP contribution >= 0.6 is 0 Å². The minimum Gasteiger partial charge on any atom is -0.272 e. The number of nitrogens with zero attached hydrogens (tertiary/aromatic N) is 6. The molecule has 16 heteroatoms. The Morgan fingerprint density at radius 3 is 1.37 bits per heavy atom. The number of hydrogen-bond donors (Lipinski definition) is 2. The maximum Gasteiger partial charge on any atom is 0.301 e. The Labute approximate surface area is 173 Å². The predicted octanol–water partition coefficient (Wildman–Crippen LogP) is 2.82. The Bertz CT molecular complexity index is 1280. The zero-order valence-electron chi connectivity index (χ0n) is 20.1. The van der Waals surface area contributed by atoms with Gasteiger partial charge in [-0.2, -0.15) is 10.2 Å². The summed E-state index contributed by atoms with van der Waals surface area (Å²) >= 11 is 0. The van der Waals surface area contributed by atoms with Crippen LogP contribution in [0.1, 0.15) is 8.22 Å². The van der Waals surface area contributed by atoms with Crippen LogP contribution in [-0.4, -0.2) is 32.1 Å². The van der Waals surface area contributed by atoms with E-state index in [2.05, 4.69) is 10.2 Å². The van der Waals surface area contributed by atoms with Crippen molar-refractivity contribution in [2.75, 3.05) is 10.9 Å². The van der Waals surface area contributed by atoms with Gasteiger partial charge in [-0.3, -0.25) is 51.3 Å². The number of benzene rings is 2. The molecule has 0 aliphatic carbocycles. The highest BCUT2D eigenvalue weighted by Gasteiger charge is 2.20. The van der Waals surface area contributed by atoms with Crippen molar-refractivity contribution < 1.29 is 27.9 Å². The fourth-order valence-electron chi connectivity index (χ4n) is 1.66. The molecule has 0 bridgehead atoms. The molecule has 0 fully saturated rings. The van der Waals surface area contributed by atoms with E-state index in [1.165, 1.54) is 0 Å². The summed E-state index contributed by atoms with van der Waals surface area (Å²) in [5, 5.41) is 51.3. The van der Waals surface area contributed by atoms with Crippen molar-refractivity contribution >= 4 is 46.6 Å². The van der Waals surface area contributed by atoms with Gasteiger partial charge in [0.1, 0.15) is 11.4 Å². The summed E-state index contributed by atoms with van der Waals surface area (Å²) in [6.45, 7) is 0. The summed E-state index contributed by atoms with van der Waals surface area (Å²) in [4.78, 5) is 39.7. The van der Waals surface area contributed by atoms with Crippen LogP contribution in [0.15, 0.2) is 46.5 Å². The highest BCUT2D eigenvalue weighted by molar-refractivity contribution is 6.16. The smallest absolute Gasteiger partial charge is 0.272 e. The number of hydrogen-bond acceptors (Lipinski definition) is 12. The van der Waals surface area contributed by atoms with Gasteiger partial charge in [0.05, 0.1) is 52.4 Å². The molecule has 0 radical (unpaired) electrons. The van der Waals surface area contributed by atoms with Gasteiger partial charge in [-0.25, -0.2) is 0 Å². The third-order valence-electron chi connectivity index (χ3n) is 2.86. The lowest BCUT2D eigenvalue weighted by Gasteiger charge is -2.02. The maximum absolute atomic E-state index is 11.3. The number of nitro benzene ring substituents is 4. The molecule has 2 rings (SSSR count). The summed E-state index contributed by atoms with van der Waals surface area (Å²) in [6.07, 6.45) is 1.46. The quantitative estimate of drug-likeness (QED) is 0.340. The second-order valence-corrected chi connectivity index (χ2v) is 4.70. The Hall–Kier alpha value is -5.02. The Balaban J connectivity index is 2.37. The normalized spacial score (nSPS) is 13.6. The molecule has 0 amide bonds. The van der Waals surface area contributed by atoms with E-state index < -0.39 is 90.1 Å². The molecule has 2 aromatic rings. The molecule has 0 aliphatic rings. The monoisotopic (exact) mass is 424 g/mol. The van der Waals surface area contributed by atoms with Crippen LogP contribution in [0.4, 0.5) is 34.1 Å². The first-order valence-electron chi connectivity index (χ1n) is 10.2. The van der Waals surface area contributed by atoms with E-state index in [-0.39, 0.29) is 0 Å². The first-order valence-corrected chi connectivity index (χ1v) is 7.15. The largest absolute Gasteiger partial charge is 0.301 e. The van der Waals surface area contributed by atoms with Crippen LogP contribution in [0.5, 0.6) is 0 Å². The Morgan fingerprint density at radius 2 is 1.07 bits per heavy atom. The minimum absolute atomic E-state index is 0.731. The number of nitrogens with one attached hydrogen (secondary N) is 2. The molecule has 0 unspecified atom stereocenters. The highest BCUT2D eigenvalue weighted by Crippen LogP contribution is 2.29. The number of rotatable bonds is 9. The van der Waals surface area contributed by atoms with Crippen molar-refractivity contribution in [2.45, 2.75) is 0 Å². The van der Waals surface area contributed by atoms with Gasteiger partial charge in [0.15, 0.2) is 0 Å². The molecule has 16 nitrogen and oxygen atoms in total. The van der Waals surface area contributed by atoms with Gasteiger partial charge < -0.3 is 0 Å². The second kappa shape index (κ2) is 9.26. The molecule has 0 saturated heterocycles. The Kier molecular flexibility index (Phi) is 4.34. The third kappa shape index (κ3) is 5.25. The Morgan fingerprint density at radius 1 is 0.700 bits per heavy atom. The fourth-order valence-corrected chi connectivity index (χ4v) is 1.66. The standard InChI is InChI=1S/C14H10N8O8/c23-19(24)9-1-3-11(13(7-9)21(27)28)17-15-5-6-16-18-12-4-2-10(20(25)26)8-14(12)22(29)30/h1-8,17-18H/i1D,2D,3D,4D,7D,8D. The first-order chi connectivity index (χ1) is 16.7. The summed E-state index contributed by atoms with van der Waals surface area (Å²) in [5.41, 5.74) is -2.65. The topological polar surface area (TPSA) is 221 Å². The zero-order chi connectivity index (χ0) is 27.5. The van der Waals surface area contributed by atoms with Crippen LogP contribution in [-0.2, 0) is 0 Å². The van der Waals surface area contributed by atoms with E-state index in [0.29, 0.717) is 0 Å². The molecule has 154 valence electrons. The lowest BCUT2D eigenvalue weighted by Crippen LogP contribution is -2.00. The molecule has 0 aliphatic heterocycles. The number of anilines is 2. The predicted molar refractivity (Wildman–Crippen MR) is 104 cm³/mol. The fraction of sp³-hybridized carbons (Fsp3) is 0. The van der Waals surface area contributed by atoms with Crippen molar-refractivity contribution in [1.29, 1.82) is 0 Å². The van der Waals surface area contributed by atoms with Crippen LogP contribution in [0, 0.1) is 40.5 Å². The summed E-state index contributed by atoms with van der Waals surface area (Å²) in [5.74, 6) is 0. The van der Waals surface area contributed by atoms with E-state index in [9.17, 15) is 40.5 Å². The second-order valence-electron chi connectivity index (χ2n) is 4.70. The van der Waals surface area contributed by atoms with Gasteiger partial charge in [-0.15, -0.1) is 0 Å². The minimum atomic E-state index is -1.26. The summed E-state index contributed by atoms with van der Waals surface area (Å²) in [7, 11) is 0. The van der Waals surface area contributed by atoms with E-state index in [0.717, 1.165) is 12.4 Å².